The van der Waals surface area contributed by atoms with Crippen molar-refractivity contribution in [3.05, 3.63) is 47.7 Å². The third kappa shape index (κ3) is 2.57. The Labute approximate surface area is 113 Å². The number of hydrogen-bond donors (Lipinski definition) is 1. The summed E-state index contributed by atoms with van der Waals surface area (Å²) >= 11 is 0. The van der Waals surface area contributed by atoms with Crippen LogP contribution in [0.3, 0.4) is 0 Å². The molecular weight excluding hydrogens is 267 g/mol. The van der Waals surface area contributed by atoms with Crippen molar-refractivity contribution in [1.29, 1.82) is 5.26 Å². The number of hydrogen-bond acceptors (Lipinski definition) is 3. The lowest BCUT2D eigenvalue weighted by atomic mass is 10.00. The smallest absolute Gasteiger partial charge is 0.397 e. The lowest BCUT2D eigenvalue weighted by molar-refractivity contribution is -0.137. The summed E-state index contributed by atoms with van der Waals surface area (Å²) in [5.74, 6) is 0. The maximum Gasteiger partial charge on any atom is 0.417 e. The van der Waals surface area contributed by atoms with Crippen molar-refractivity contribution in [2.75, 3.05) is 5.73 Å². The molecule has 0 unspecified atom stereocenters. The topological polar surface area (TPSA) is 62.7 Å². The van der Waals surface area contributed by atoms with Gasteiger partial charge in [-0.05, 0) is 17.7 Å². The first kappa shape index (κ1) is 13.9. The summed E-state index contributed by atoms with van der Waals surface area (Å²) in [6.07, 6.45) is -3.11. The summed E-state index contributed by atoms with van der Waals surface area (Å²) in [5.41, 5.74) is 5.57. The van der Waals surface area contributed by atoms with Crippen LogP contribution >= 0.6 is 0 Å². The number of nitriles is 1. The molecule has 102 valence electrons. The third-order valence-corrected chi connectivity index (χ3v) is 2.84. The maximum absolute atomic E-state index is 13.0. The Kier molecular flexibility index (Phi) is 3.61. The molecule has 0 saturated heterocycles. The average molecular weight is 277 g/mol. The molecule has 20 heavy (non-hydrogen) atoms. The van der Waals surface area contributed by atoms with Crippen LogP contribution < -0.4 is 5.73 Å². The SMILES string of the molecule is N#CCc1ccnc(-c2ccccc2C(F)(F)F)c1N. The van der Waals surface area contributed by atoms with Gasteiger partial charge in [-0.3, -0.25) is 4.98 Å². The highest BCUT2D eigenvalue weighted by Crippen LogP contribution is 2.38. The minimum Gasteiger partial charge on any atom is -0.397 e. The summed E-state index contributed by atoms with van der Waals surface area (Å²) < 4.78 is 39.0. The fraction of sp³-hybridized carbons (Fsp3) is 0.143. The molecule has 0 aliphatic carbocycles. The first-order valence-corrected chi connectivity index (χ1v) is 5.72. The van der Waals surface area contributed by atoms with Gasteiger partial charge in [-0.15, -0.1) is 0 Å². The zero-order chi connectivity index (χ0) is 14.8. The largest absolute Gasteiger partial charge is 0.417 e. The monoisotopic (exact) mass is 277 g/mol. The number of nitrogens with zero attached hydrogens (tertiary/aromatic N) is 2. The highest BCUT2D eigenvalue weighted by atomic mass is 19.4. The zero-order valence-electron chi connectivity index (χ0n) is 10.3. The number of anilines is 1. The predicted molar refractivity (Wildman–Crippen MR) is 68.4 cm³/mol. The van der Waals surface area contributed by atoms with Crippen molar-refractivity contribution in [1.82, 2.24) is 4.98 Å². The molecular formula is C14H10F3N3. The molecule has 0 radical (unpaired) electrons. The van der Waals surface area contributed by atoms with Crippen molar-refractivity contribution in [2.24, 2.45) is 0 Å². The van der Waals surface area contributed by atoms with Crippen molar-refractivity contribution < 1.29 is 13.2 Å². The van der Waals surface area contributed by atoms with Crippen molar-refractivity contribution in [3.63, 3.8) is 0 Å². The Morgan fingerprint density at radius 1 is 1.20 bits per heavy atom. The molecule has 1 aromatic carbocycles. The van der Waals surface area contributed by atoms with E-state index in [0.29, 0.717) is 5.56 Å². The van der Waals surface area contributed by atoms with E-state index in [9.17, 15) is 13.2 Å². The molecule has 1 aromatic heterocycles. The fourth-order valence-corrected chi connectivity index (χ4v) is 1.90. The minimum absolute atomic E-state index is 0.0234. The molecule has 2 aromatic rings. The van der Waals surface area contributed by atoms with Gasteiger partial charge in [-0.2, -0.15) is 18.4 Å². The van der Waals surface area contributed by atoms with E-state index >= 15 is 0 Å². The number of pyridine rings is 1. The van der Waals surface area contributed by atoms with E-state index in [1.54, 1.807) is 0 Å². The summed E-state index contributed by atoms with van der Waals surface area (Å²) in [7, 11) is 0. The van der Waals surface area contributed by atoms with Crippen LogP contribution in [0.2, 0.25) is 0 Å². The molecule has 0 saturated carbocycles. The number of aromatic nitrogens is 1. The average Bonchev–Trinajstić information content (AvgIpc) is 2.40. The number of nitrogens with two attached hydrogens (primary N) is 1. The molecule has 0 aliphatic heterocycles. The van der Waals surface area contributed by atoms with E-state index in [4.69, 9.17) is 11.0 Å². The number of rotatable bonds is 2. The Morgan fingerprint density at radius 2 is 1.90 bits per heavy atom. The first-order valence-electron chi connectivity index (χ1n) is 5.72. The molecule has 1 heterocycles. The number of benzene rings is 1. The van der Waals surface area contributed by atoms with Crippen LogP contribution in [-0.4, -0.2) is 4.98 Å². The molecule has 0 spiro atoms. The Hall–Kier alpha value is -2.55. The summed E-state index contributed by atoms with van der Waals surface area (Å²) in [5, 5.41) is 8.68. The van der Waals surface area contributed by atoms with Gasteiger partial charge in [0.2, 0.25) is 0 Å². The quantitative estimate of drug-likeness (QED) is 0.914. The van der Waals surface area contributed by atoms with Crippen LogP contribution in [0.4, 0.5) is 18.9 Å². The van der Waals surface area contributed by atoms with Gasteiger partial charge in [0.05, 0.1) is 29.4 Å². The van der Waals surface area contributed by atoms with Gasteiger partial charge < -0.3 is 5.73 Å². The summed E-state index contributed by atoms with van der Waals surface area (Å²) in [6.45, 7) is 0. The van der Waals surface area contributed by atoms with Gasteiger partial charge >= 0.3 is 6.18 Å². The second-order valence-corrected chi connectivity index (χ2v) is 4.11. The van der Waals surface area contributed by atoms with E-state index in [2.05, 4.69) is 4.98 Å². The lowest BCUT2D eigenvalue weighted by Gasteiger charge is -2.14. The molecule has 3 nitrogen and oxygen atoms in total. The molecule has 0 bridgehead atoms. The first-order chi connectivity index (χ1) is 9.45. The minimum atomic E-state index is -4.49. The predicted octanol–water partition coefficient (Wildman–Crippen LogP) is 3.42. The van der Waals surface area contributed by atoms with Crippen molar-refractivity contribution >= 4 is 5.69 Å². The zero-order valence-corrected chi connectivity index (χ0v) is 10.3. The number of nitrogen functional groups attached to an aromatic ring is 1. The van der Waals surface area contributed by atoms with Crippen LogP contribution in [-0.2, 0) is 12.6 Å². The summed E-state index contributed by atoms with van der Waals surface area (Å²) in [6, 6.07) is 8.54. The molecule has 0 aliphatic rings. The van der Waals surface area contributed by atoms with Crippen LogP contribution in [0.5, 0.6) is 0 Å². The van der Waals surface area contributed by atoms with Crippen LogP contribution in [0.15, 0.2) is 36.5 Å². The molecule has 0 atom stereocenters. The lowest BCUT2D eigenvalue weighted by Crippen LogP contribution is -2.09. The molecule has 6 heteroatoms. The van der Waals surface area contributed by atoms with Gasteiger partial charge in [0, 0.05) is 11.8 Å². The number of halogens is 3. The van der Waals surface area contributed by atoms with Crippen LogP contribution in [0.25, 0.3) is 11.3 Å². The van der Waals surface area contributed by atoms with E-state index in [-0.39, 0.29) is 23.4 Å². The highest BCUT2D eigenvalue weighted by molar-refractivity contribution is 5.77. The van der Waals surface area contributed by atoms with Gasteiger partial charge in [0.15, 0.2) is 0 Å². The van der Waals surface area contributed by atoms with E-state index in [1.807, 2.05) is 6.07 Å². The summed E-state index contributed by atoms with van der Waals surface area (Å²) in [4.78, 5) is 3.93. The van der Waals surface area contributed by atoms with Crippen LogP contribution in [0.1, 0.15) is 11.1 Å². The normalized spacial score (nSPS) is 11.1. The Balaban J connectivity index is 2.65. The van der Waals surface area contributed by atoms with Gasteiger partial charge in [-0.1, -0.05) is 18.2 Å². The molecule has 0 amide bonds. The second kappa shape index (κ2) is 5.21. The standard InChI is InChI=1S/C14H10F3N3/c15-14(16,17)11-4-2-1-3-10(11)13-12(19)9(5-7-18)6-8-20-13/h1-4,6,8H,5,19H2. The van der Waals surface area contributed by atoms with E-state index < -0.39 is 11.7 Å². The van der Waals surface area contributed by atoms with Gasteiger partial charge in [-0.25, -0.2) is 0 Å². The van der Waals surface area contributed by atoms with Gasteiger partial charge in [0.25, 0.3) is 0 Å². The van der Waals surface area contributed by atoms with E-state index in [1.165, 1.54) is 30.5 Å². The second-order valence-electron chi connectivity index (χ2n) is 4.11. The van der Waals surface area contributed by atoms with E-state index in [0.717, 1.165) is 6.07 Å². The Bertz CT molecular complexity index is 672. The molecule has 0 fully saturated rings. The molecule has 2 N–H and O–H groups in total. The van der Waals surface area contributed by atoms with Gasteiger partial charge in [0.1, 0.15) is 0 Å². The Morgan fingerprint density at radius 3 is 2.55 bits per heavy atom. The molecule has 2 rings (SSSR count). The fourth-order valence-electron chi connectivity index (χ4n) is 1.90. The maximum atomic E-state index is 13.0. The number of alkyl halides is 3. The van der Waals surface area contributed by atoms with Crippen molar-refractivity contribution in [2.45, 2.75) is 12.6 Å². The van der Waals surface area contributed by atoms with Crippen LogP contribution in [0, 0.1) is 11.3 Å². The third-order valence-electron chi connectivity index (χ3n) is 2.84. The highest BCUT2D eigenvalue weighted by Gasteiger charge is 2.34. The van der Waals surface area contributed by atoms with Crippen molar-refractivity contribution in [3.8, 4) is 17.3 Å².